The van der Waals surface area contributed by atoms with Crippen LogP contribution in [0.4, 0.5) is 0 Å². The maximum Gasteiger partial charge on any atom is 0.274 e. The Labute approximate surface area is 184 Å². The third kappa shape index (κ3) is 4.61. The van der Waals surface area contributed by atoms with Crippen LogP contribution >= 0.6 is 0 Å². The molecule has 0 atom stereocenters. The fraction of sp³-hybridized carbons (Fsp3) is 0.150. The van der Waals surface area contributed by atoms with Crippen LogP contribution in [-0.4, -0.2) is 48.5 Å². The van der Waals surface area contributed by atoms with Gasteiger partial charge in [-0.2, -0.15) is 4.52 Å². The molecule has 0 unspecified atom stereocenters. The monoisotopic (exact) mass is 448 g/mol. The highest BCUT2D eigenvalue weighted by Gasteiger charge is 1.99. The van der Waals surface area contributed by atoms with Gasteiger partial charge in [0, 0.05) is 59.9 Å². The van der Waals surface area contributed by atoms with Crippen molar-refractivity contribution in [3.63, 3.8) is 0 Å². The summed E-state index contributed by atoms with van der Waals surface area (Å²) in [6.45, 7) is 5.39. The number of fused-ring (bicyclic) bond motifs is 3. The van der Waals surface area contributed by atoms with Gasteiger partial charge in [-0.25, -0.2) is 24.5 Å². The normalized spacial score (nSPS) is 10.6. The van der Waals surface area contributed by atoms with Crippen molar-refractivity contribution in [3.05, 3.63) is 97.3 Å². The summed E-state index contributed by atoms with van der Waals surface area (Å²) in [5, 5.41) is 5.40. The second-order valence-electron chi connectivity index (χ2n) is 7.06. The molecule has 0 aromatic carbocycles. The second-order valence-corrected chi connectivity index (χ2v) is 7.06. The highest BCUT2D eigenvalue weighted by Crippen LogP contribution is 1.94. The predicted octanol–water partition coefficient (Wildman–Crippen LogP) is 0.388. The Hall–Kier alpha value is -4.81. The molecule has 0 saturated carbocycles. The zero-order chi connectivity index (χ0) is 23.5. The topological polar surface area (TPSA) is 163 Å². The number of aryl methyl sites for hydroxylation is 3. The minimum Gasteiger partial charge on any atom is -0.329 e. The van der Waals surface area contributed by atoms with Crippen LogP contribution in [0, 0.1) is 20.8 Å². The number of hydrogen-bond acceptors (Lipinski definition) is 7. The van der Waals surface area contributed by atoms with E-state index in [9.17, 15) is 14.4 Å². The molecule has 6 aromatic heterocycles. The summed E-state index contributed by atoms with van der Waals surface area (Å²) in [4.78, 5) is 52.3. The van der Waals surface area contributed by atoms with Crippen LogP contribution in [0.15, 0.2) is 63.6 Å². The van der Waals surface area contributed by atoms with Crippen molar-refractivity contribution in [3.8, 4) is 0 Å². The van der Waals surface area contributed by atoms with Crippen molar-refractivity contribution < 1.29 is 0 Å². The molecule has 33 heavy (non-hydrogen) atoms. The van der Waals surface area contributed by atoms with Crippen molar-refractivity contribution in [2.45, 2.75) is 20.8 Å². The number of nitrogens with one attached hydrogen (secondary N) is 3. The predicted molar refractivity (Wildman–Crippen MR) is 119 cm³/mol. The molecule has 0 radical (unpaired) electrons. The van der Waals surface area contributed by atoms with Gasteiger partial charge < -0.3 is 4.98 Å². The SMILES string of the molecule is Cc1cc(=O)n2[nH]ccc2n1.Cc1cc(=O)n2[nH]cnc2n1.Cc1cc(=O)n2ccnc2[nH]1. The van der Waals surface area contributed by atoms with E-state index in [2.05, 4.69) is 35.1 Å². The van der Waals surface area contributed by atoms with Crippen LogP contribution in [0.25, 0.3) is 17.2 Å². The van der Waals surface area contributed by atoms with Crippen LogP contribution in [0.1, 0.15) is 17.1 Å². The Kier molecular flexibility index (Phi) is 5.67. The van der Waals surface area contributed by atoms with Gasteiger partial charge >= 0.3 is 0 Å². The first-order chi connectivity index (χ1) is 15.8. The molecule has 0 aliphatic rings. The van der Waals surface area contributed by atoms with Crippen LogP contribution in [0.5, 0.6) is 0 Å². The van der Waals surface area contributed by atoms with Gasteiger partial charge in [-0.05, 0) is 20.8 Å². The lowest BCUT2D eigenvalue weighted by Crippen LogP contribution is -2.14. The molecular formula is C20H20N10O3. The molecule has 6 rings (SSSR count). The average Bonchev–Trinajstić information content (AvgIpc) is 3.48. The molecule has 6 aromatic rings. The summed E-state index contributed by atoms with van der Waals surface area (Å²) in [5.74, 6) is 1.00. The quantitative estimate of drug-likeness (QED) is 0.302. The van der Waals surface area contributed by atoms with Crippen LogP contribution < -0.4 is 16.7 Å². The Morgan fingerprint density at radius 3 is 2.33 bits per heavy atom. The summed E-state index contributed by atoms with van der Waals surface area (Å²) < 4.78 is 4.15. The molecule has 6 heterocycles. The van der Waals surface area contributed by atoms with Crippen molar-refractivity contribution in [2.75, 3.05) is 0 Å². The molecule has 13 heteroatoms. The summed E-state index contributed by atoms with van der Waals surface area (Å²) in [5.41, 5.74) is 2.66. The maximum absolute atomic E-state index is 11.2. The largest absolute Gasteiger partial charge is 0.329 e. The zero-order valence-electron chi connectivity index (χ0n) is 18.0. The molecule has 0 fully saturated rings. The van der Waals surface area contributed by atoms with Crippen molar-refractivity contribution in [1.29, 1.82) is 0 Å². The van der Waals surface area contributed by atoms with Crippen LogP contribution in [-0.2, 0) is 0 Å². The molecule has 0 amide bonds. The number of aromatic amines is 3. The minimum absolute atomic E-state index is 0.0475. The van der Waals surface area contributed by atoms with Gasteiger partial charge in [0.05, 0.1) is 0 Å². The number of aromatic nitrogens is 10. The Morgan fingerprint density at radius 1 is 0.818 bits per heavy atom. The Morgan fingerprint density at radius 2 is 1.55 bits per heavy atom. The van der Waals surface area contributed by atoms with E-state index in [1.807, 2.05) is 6.92 Å². The van der Waals surface area contributed by atoms with E-state index >= 15 is 0 Å². The molecule has 168 valence electrons. The molecule has 0 bridgehead atoms. The van der Waals surface area contributed by atoms with Gasteiger partial charge in [-0.15, -0.1) is 0 Å². The average molecular weight is 448 g/mol. The maximum atomic E-state index is 11.2. The molecule has 0 spiro atoms. The second kappa shape index (κ2) is 8.74. The van der Waals surface area contributed by atoms with Crippen molar-refractivity contribution in [2.24, 2.45) is 0 Å². The molecule has 3 N–H and O–H groups in total. The first-order valence-electron chi connectivity index (χ1n) is 9.78. The number of hydrogen-bond donors (Lipinski definition) is 3. The lowest BCUT2D eigenvalue weighted by molar-refractivity contribution is 0.889. The first kappa shape index (κ1) is 21.4. The summed E-state index contributed by atoms with van der Waals surface area (Å²) >= 11 is 0. The lowest BCUT2D eigenvalue weighted by atomic mass is 10.4. The molecule has 0 aliphatic heterocycles. The fourth-order valence-corrected chi connectivity index (χ4v) is 3.02. The molecule has 0 aliphatic carbocycles. The third-order valence-electron chi connectivity index (χ3n) is 4.43. The zero-order valence-corrected chi connectivity index (χ0v) is 18.0. The highest BCUT2D eigenvalue weighted by molar-refractivity contribution is 5.36. The lowest BCUT2D eigenvalue weighted by Gasteiger charge is -1.93. The van der Waals surface area contributed by atoms with E-state index in [4.69, 9.17) is 0 Å². The van der Waals surface area contributed by atoms with Gasteiger partial charge in [-0.1, -0.05) is 0 Å². The van der Waals surface area contributed by atoms with Gasteiger partial charge in [0.2, 0.25) is 5.78 Å². The van der Waals surface area contributed by atoms with E-state index in [1.54, 1.807) is 38.5 Å². The minimum atomic E-state index is -0.134. The van der Waals surface area contributed by atoms with E-state index in [-0.39, 0.29) is 16.7 Å². The van der Waals surface area contributed by atoms with Gasteiger partial charge in [0.15, 0.2) is 5.65 Å². The van der Waals surface area contributed by atoms with Crippen molar-refractivity contribution >= 4 is 17.2 Å². The number of nitrogens with zero attached hydrogens (tertiary/aromatic N) is 7. The number of rotatable bonds is 0. The van der Waals surface area contributed by atoms with E-state index in [1.165, 1.54) is 38.0 Å². The number of imidazole rings is 1. The summed E-state index contributed by atoms with van der Waals surface area (Å²) in [6.07, 6.45) is 6.34. The third-order valence-corrected chi connectivity index (χ3v) is 4.43. The molecular weight excluding hydrogens is 428 g/mol. The molecule has 13 nitrogen and oxygen atoms in total. The standard InChI is InChI=1S/2C7H7N3O.C6H6N4O/c1-5-4-6(11)10-3-2-8-7(10)9-5;1-5-4-7(11)10-6(9-5)2-3-8-10;1-4-2-5(11)10-6(9-4)7-3-8-10/h2-4H,1H3,(H,8,9);2-4,8H,1H3;2-3H,1H3,(H,7,8,9). The highest BCUT2D eigenvalue weighted by atomic mass is 16.1. The number of H-pyrrole nitrogens is 3. The smallest absolute Gasteiger partial charge is 0.274 e. The van der Waals surface area contributed by atoms with E-state index < -0.39 is 0 Å². The summed E-state index contributed by atoms with van der Waals surface area (Å²) in [7, 11) is 0. The van der Waals surface area contributed by atoms with E-state index in [0.717, 1.165) is 11.4 Å². The fourth-order valence-electron chi connectivity index (χ4n) is 3.02. The first-order valence-corrected chi connectivity index (χ1v) is 9.78. The molecule has 0 saturated heterocycles. The Balaban J connectivity index is 0.000000118. The van der Waals surface area contributed by atoms with Crippen LogP contribution in [0.2, 0.25) is 0 Å². The Bertz CT molecular complexity index is 1530. The van der Waals surface area contributed by atoms with Crippen LogP contribution in [0.3, 0.4) is 0 Å². The summed E-state index contributed by atoms with van der Waals surface area (Å²) in [6, 6.07) is 6.23. The van der Waals surface area contributed by atoms with Gasteiger partial charge in [0.25, 0.3) is 22.5 Å². The van der Waals surface area contributed by atoms with E-state index in [0.29, 0.717) is 22.9 Å². The van der Waals surface area contributed by atoms with Gasteiger partial charge in [-0.3, -0.25) is 29.0 Å². The van der Waals surface area contributed by atoms with Crippen molar-refractivity contribution in [1.82, 2.24) is 48.5 Å². The van der Waals surface area contributed by atoms with Gasteiger partial charge in [0.1, 0.15) is 6.33 Å².